The van der Waals surface area contributed by atoms with Gasteiger partial charge in [0, 0.05) is 26.2 Å². The molecular formula is C19H16Cl2N4O3S. The molecule has 0 atom stereocenters. The van der Waals surface area contributed by atoms with E-state index < -0.39 is 10.0 Å². The standard InChI is InChI=1S/C19H16Cl2N4O3S/c20-13-4-3-7-17(18(13)21)29(27,28)25-10-8-24(9-11-25)19(26)16-12-22-14-5-1-2-6-15(14)23-16/h1-7,12H,8-11H2. The molecule has 7 nitrogen and oxygen atoms in total. The molecule has 10 heteroatoms. The largest absolute Gasteiger partial charge is 0.335 e. The Bertz CT molecular complexity index is 1200. The molecule has 0 saturated carbocycles. The first-order chi connectivity index (χ1) is 13.9. The normalized spacial score (nSPS) is 15.6. The maximum atomic E-state index is 12.9. The number of amides is 1. The van der Waals surface area contributed by atoms with Gasteiger partial charge < -0.3 is 4.90 Å². The second kappa shape index (κ2) is 7.87. The van der Waals surface area contributed by atoms with Crippen molar-refractivity contribution in [1.82, 2.24) is 19.2 Å². The highest BCUT2D eigenvalue weighted by atomic mass is 35.5. The van der Waals surface area contributed by atoms with Crippen LogP contribution in [0.2, 0.25) is 10.0 Å². The molecule has 150 valence electrons. The number of para-hydroxylation sites is 2. The maximum absolute atomic E-state index is 12.9. The molecule has 0 N–H and O–H groups in total. The van der Waals surface area contributed by atoms with Crippen molar-refractivity contribution in [2.75, 3.05) is 26.2 Å². The van der Waals surface area contributed by atoms with Gasteiger partial charge >= 0.3 is 0 Å². The molecule has 0 unspecified atom stereocenters. The quantitative estimate of drug-likeness (QED) is 0.611. The molecule has 2 aromatic carbocycles. The van der Waals surface area contributed by atoms with Crippen molar-refractivity contribution >= 4 is 50.2 Å². The number of hydrogen-bond acceptors (Lipinski definition) is 5. The number of hydrogen-bond donors (Lipinski definition) is 0. The third kappa shape index (κ3) is 3.81. The predicted molar refractivity (Wildman–Crippen MR) is 111 cm³/mol. The number of fused-ring (bicyclic) bond motifs is 1. The molecule has 1 fully saturated rings. The molecule has 3 aromatic rings. The topological polar surface area (TPSA) is 83.5 Å². The van der Waals surface area contributed by atoms with Gasteiger partial charge in [0.25, 0.3) is 5.91 Å². The lowest BCUT2D eigenvalue weighted by atomic mass is 10.2. The zero-order valence-corrected chi connectivity index (χ0v) is 17.5. The van der Waals surface area contributed by atoms with Gasteiger partial charge in [-0.2, -0.15) is 4.31 Å². The number of nitrogens with zero attached hydrogens (tertiary/aromatic N) is 4. The summed E-state index contributed by atoms with van der Waals surface area (Å²) in [6.07, 6.45) is 1.44. The fourth-order valence-corrected chi connectivity index (χ4v) is 5.33. The number of rotatable bonds is 3. The van der Waals surface area contributed by atoms with Crippen LogP contribution >= 0.6 is 23.2 Å². The number of piperazine rings is 1. The molecule has 0 radical (unpaired) electrons. The van der Waals surface area contributed by atoms with E-state index in [0.29, 0.717) is 11.0 Å². The Labute approximate surface area is 177 Å². The van der Waals surface area contributed by atoms with Crippen molar-refractivity contribution in [2.45, 2.75) is 4.90 Å². The predicted octanol–water partition coefficient (Wildman–Crippen LogP) is 3.08. The van der Waals surface area contributed by atoms with Crippen molar-refractivity contribution in [3.63, 3.8) is 0 Å². The minimum atomic E-state index is -3.81. The second-order valence-corrected chi connectivity index (χ2v) is 9.18. The number of carbonyl (C=O) groups excluding carboxylic acids is 1. The number of halogens is 2. The zero-order valence-electron chi connectivity index (χ0n) is 15.1. The summed E-state index contributed by atoms with van der Waals surface area (Å²) in [5.74, 6) is -0.277. The minimum absolute atomic E-state index is 0.000823. The van der Waals surface area contributed by atoms with Gasteiger partial charge in [-0.25, -0.2) is 13.4 Å². The fraction of sp³-hybridized carbons (Fsp3) is 0.211. The van der Waals surface area contributed by atoms with Gasteiger partial charge in [0.15, 0.2) is 0 Å². The van der Waals surface area contributed by atoms with Gasteiger partial charge in [-0.1, -0.05) is 41.4 Å². The molecule has 2 heterocycles. The Balaban J connectivity index is 1.50. The lowest BCUT2D eigenvalue weighted by molar-refractivity contribution is 0.0692. The van der Waals surface area contributed by atoms with Crippen LogP contribution in [0.15, 0.2) is 53.6 Å². The minimum Gasteiger partial charge on any atom is -0.335 e. The van der Waals surface area contributed by atoms with Crippen LogP contribution in [0.5, 0.6) is 0 Å². The Morgan fingerprint density at radius 3 is 2.34 bits per heavy atom. The van der Waals surface area contributed by atoms with Crippen LogP contribution in [0.3, 0.4) is 0 Å². The highest BCUT2D eigenvalue weighted by Gasteiger charge is 2.32. The molecule has 29 heavy (non-hydrogen) atoms. The van der Waals surface area contributed by atoms with E-state index in [1.165, 1.54) is 22.6 Å². The van der Waals surface area contributed by atoms with Crippen molar-refractivity contribution in [1.29, 1.82) is 0 Å². The molecule has 4 rings (SSSR count). The lowest BCUT2D eigenvalue weighted by Gasteiger charge is -2.34. The summed E-state index contributed by atoms with van der Waals surface area (Å²) in [6, 6.07) is 11.8. The van der Waals surface area contributed by atoms with E-state index in [-0.39, 0.29) is 52.7 Å². The van der Waals surface area contributed by atoms with E-state index in [0.717, 1.165) is 0 Å². The summed E-state index contributed by atoms with van der Waals surface area (Å²) < 4.78 is 27.1. The molecule has 1 aliphatic rings. The van der Waals surface area contributed by atoms with Crippen molar-refractivity contribution in [3.05, 3.63) is 64.4 Å². The van der Waals surface area contributed by atoms with Gasteiger partial charge in [-0.3, -0.25) is 9.78 Å². The van der Waals surface area contributed by atoms with Gasteiger partial charge in [0.2, 0.25) is 10.0 Å². The summed E-state index contributed by atoms with van der Waals surface area (Å²) in [5, 5.41) is 0.176. The summed E-state index contributed by atoms with van der Waals surface area (Å²) in [7, 11) is -3.81. The third-order valence-corrected chi connectivity index (χ3v) is 7.60. The van der Waals surface area contributed by atoms with Crippen LogP contribution in [0.4, 0.5) is 0 Å². The van der Waals surface area contributed by atoms with Gasteiger partial charge in [0.1, 0.15) is 10.6 Å². The van der Waals surface area contributed by atoms with Crippen LogP contribution in [0.25, 0.3) is 11.0 Å². The van der Waals surface area contributed by atoms with Crippen LogP contribution in [0.1, 0.15) is 10.5 Å². The van der Waals surface area contributed by atoms with Crippen molar-refractivity contribution in [3.8, 4) is 0 Å². The average molecular weight is 451 g/mol. The van der Waals surface area contributed by atoms with Crippen LogP contribution < -0.4 is 0 Å². The van der Waals surface area contributed by atoms with E-state index in [1.54, 1.807) is 17.0 Å². The molecule has 1 amide bonds. The van der Waals surface area contributed by atoms with Gasteiger partial charge in [-0.05, 0) is 24.3 Å². The number of sulfonamides is 1. The van der Waals surface area contributed by atoms with Crippen LogP contribution in [-0.4, -0.2) is 59.7 Å². The second-order valence-electron chi connectivity index (χ2n) is 6.49. The smallest absolute Gasteiger partial charge is 0.274 e. The first-order valence-electron chi connectivity index (χ1n) is 8.83. The van der Waals surface area contributed by atoms with E-state index in [4.69, 9.17) is 23.2 Å². The molecule has 0 spiro atoms. The van der Waals surface area contributed by atoms with Crippen LogP contribution in [-0.2, 0) is 10.0 Å². The highest BCUT2D eigenvalue weighted by molar-refractivity contribution is 7.89. The lowest BCUT2D eigenvalue weighted by Crippen LogP contribution is -2.50. The van der Waals surface area contributed by atoms with E-state index in [9.17, 15) is 13.2 Å². The molecule has 1 aliphatic heterocycles. The van der Waals surface area contributed by atoms with E-state index >= 15 is 0 Å². The third-order valence-electron chi connectivity index (χ3n) is 4.73. The van der Waals surface area contributed by atoms with Gasteiger partial charge in [-0.15, -0.1) is 0 Å². The maximum Gasteiger partial charge on any atom is 0.274 e. The van der Waals surface area contributed by atoms with Crippen molar-refractivity contribution in [2.24, 2.45) is 0 Å². The molecular weight excluding hydrogens is 435 g/mol. The molecule has 1 saturated heterocycles. The first kappa shape index (κ1) is 20.0. The van der Waals surface area contributed by atoms with E-state index in [1.807, 2.05) is 18.2 Å². The van der Waals surface area contributed by atoms with Crippen molar-refractivity contribution < 1.29 is 13.2 Å². The summed E-state index contributed by atoms with van der Waals surface area (Å²) in [6.45, 7) is 0.783. The Hall–Kier alpha value is -2.26. The first-order valence-corrected chi connectivity index (χ1v) is 11.0. The number of carbonyl (C=O) groups is 1. The van der Waals surface area contributed by atoms with Gasteiger partial charge in [0.05, 0.1) is 27.3 Å². The monoisotopic (exact) mass is 450 g/mol. The SMILES string of the molecule is O=C(c1cnc2ccccc2n1)N1CCN(S(=O)(=O)c2cccc(Cl)c2Cl)CC1. The Morgan fingerprint density at radius 1 is 0.931 bits per heavy atom. The van der Waals surface area contributed by atoms with Crippen LogP contribution in [0, 0.1) is 0 Å². The summed E-state index contributed by atoms with van der Waals surface area (Å²) >= 11 is 12.0. The summed E-state index contributed by atoms with van der Waals surface area (Å²) in [4.78, 5) is 23.0. The Morgan fingerprint density at radius 2 is 1.62 bits per heavy atom. The molecule has 0 aliphatic carbocycles. The number of benzene rings is 2. The fourth-order valence-electron chi connectivity index (χ4n) is 3.18. The zero-order chi connectivity index (χ0) is 20.6. The Kier molecular flexibility index (Phi) is 5.44. The highest BCUT2D eigenvalue weighted by Crippen LogP contribution is 2.31. The van der Waals surface area contributed by atoms with E-state index in [2.05, 4.69) is 9.97 Å². The summed E-state index contributed by atoms with van der Waals surface area (Å²) in [5.41, 5.74) is 1.58. The number of aromatic nitrogens is 2. The molecule has 0 bridgehead atoms. The molecule has 1 aromatic heterocycles. The average Bonchev–Trinajstić information content (AvgIpc) is 2.74.